The first-order valence-electron chi connectivity index (χ1n) is 9.61. The van der Waals surface area contributed by atoms with Crippen molar-refractivity contribution in [3.8, 4) is 0 Å². The summed E-state index contributed by atoms with van der Waals surface area (Å²) in [6.07, 6.45) is 4.04. The lowest BCUT2D eigenvalue weighted by Crippen LogP contribution is -2.45. The van der Waals surface area contributed by atoms with Crippen LogP contribution in [0, 0.1) is 18.6 Å². The molecule has 1 aliphatic carbocycles. The molecule has 0 aromatic heterocycles. The zero-order valence-corrected chi connectivity index (χ0v) is 17.0. The molecule has 1 aliphatic rings. The quantitative estimate of drug-likeness (QED) is 0.757. The molecule has 156 valence electrons. The van der Waals surface area contributed by atoms with Gasteiger partial charge in [0.1, 0.15) is 17.3 Å². The summed E-state index contributed by atoms with van der Waals surface area (Å²) in [6, 6.07) is 9.33. The number of sulfonamides is 1. The molecule has 0 atom stereocenters. The van der Waals surface area contributed by atoms with E-state index < -0.39 is 39.8 Å². The van der Waals surface area contributed by atoms with E-state index >= 15 is 0 Å². The first-order valence-corrected chi connectivity index (χ1v) is 11.1. The van der Waals surface area contributed by atoms with Gasteiger partial charge in [0, 0.05) is 6.04 Å². The largest absolute Gasteiger partial charge is 0.320 e. The maximum atomic E-state index is 13.9. The Labute approximate surface area is 169 Å². The summed E-state index contributed by atoms with van der Waals surface area (Å²) in [6.45, 7) is 1.35. The number of halogens is 2. The van der Waals surface area contributed by atoms with Gasteiger partial charge in [-0.3, -0.25) is 4.79 Å². The molecule has 1 amide bonds. The second-order valence-electron chi connectivity index (χ2n) is 7.30. The van der Waals surface area contributed by atoms with Gasteiger partial charge in [-0.25, -0.2) is 17.2 Å². The van der Waals surface area contributed by atoms with E-state index in [4.69, 9.17) is 0 Å². The van der Waals surface area contributed by atoms with Crippen molar-refractivity contribution in [3.63, 3.8) is 0 Å². The van der Waals surface area contributed by atoms with E-state index in [2.05, 4.69) is 5.32 Å². The van der Waals surface area contributed by atoms with Crippen LogP contribution in [0.5, 0.6) is 0 Å². The van der Waals surface area contributed by atoms with Crippen LogP contribution in [0.4, 0.5) is 14.5 Å². The van der Waals surface area contributed by atoms with Gasteiger partial charge < -0.3 is 5.32 Å². The minimum absolute atomic E-state index is 0.0959. The van der Waals surface area contributed by atoms with E-state index in [1.54, 1.807) is 12.1 Å². The first-order chi connectivity index (χ1) is 13.8. The molecule has 3 rings (SSSR count). The molecule has 0 aliphatic heterocycles. The number of carbonyl (C=O) groups excluding carboxylic acids is 1. The van der Waals surface area contributed by atoms with Crippen molar-refractivity contribution in [1.29, 1.82) is 0 Å². The number of amides is 1. The summed E-state index contributed by atoms with van der Waals surface area (Å²) in [5.41, 5.74) is 0.342. The summed E-state index contributed by atoms with van der Waals surface area (Å²) >= 11 is 0. The van der Waals surface area contributed by atoms with Crippen LogP contribution in [0.25, 0.3) is 0 Å². The second-order valence-corrected chi connectivity index (χ2v) is 9.19. The van der Waals surface area contributed by atoms with E-state index in [1.165, 1.54) is 22.5 Å². The molecule has 1 N–H and O–H groups in total. The van der Waals surface area contributed by atoms with Gasteiger partial charge in [0.2, 0.25) is 15.9 Å². The lowest BCUT2D eigenvalue weighted by Gasteiger charge is -2.33. The Morgan fingerprint density at radius 3 is 2.21 bits per heavy atom. The standard InChI is InChI=1S/C21H24F2N2O3S/c1-15-10-12-17(13-11-15)29(27,28)25(16-6-3-2-4-7-16)14-20(26)24-21-18(22)8-5-9-19(21)23/h5,8-13,16H,2-4,6-7,14H2,1H3,(H,24,26). The van der Waals surface area contributed by atoms with Gasteiger partial charge in [-0.1, -0.05) is 43.0 Å². The summed E-state index contributed by atoms with van der Waals surface area (Å²) in [7, 11) is -3.94. The number of anilines is 1. The maximum absolute atomic E-state index is 13.9. The van der Waals surface area contributed by atoms with Gasteiger partial charge >= 0.3 is 0 Å². The number of para-hydroxylation sites is 1. The molecule has 2 aromatic carbocycles. The molecule has 5 nitrogen and oxygen atoms in total. The SMILES string of the molecule is Cc1ccc(S(=O)(=O)N(CC(=O)Nc2c(F)cccc2F)C2CCCCC2)cc1. The third kappa shape index (κ3) is 5.00. The molecular weight excluding hydrogens is 398 g/mol. The van der Waals surface area contributed by atoms with Crippen molar-refractivity contribution in [3.05, 3.63) is 59.7 Å². The summed E-state index contributed by atoms with van der Waals surface area (Å²) in [5, 5.41) is 2.19. The summed E-state index contributed by atoms with van der Waals surface area (Å²) in [4.78, 5) is 12.6. The molecule has 0 spiro atoms. The highest BCUT2D eigenvalue weighted by molar-refractivity contribution is 7.89. The van der Waals surface area contributed by atoms with Crippen molar-refractivity contribution in [2.24, 2.45) is 0 Å². The van der Waals surface area contributed by atoms with Crippen LogP contribution in [-0.4, -0.2) is 31.2 Å². The van der Waals surface area contributed by atoms with Crippen LogP contribution in [0.3, 0.4) is 0 Å². The fourth-order valence-corrected chi connectivity index (χ4v) is 5.20. The molecule has 0 saturated heterocycles. The lowest BCUT2D eigenvalue weighted by atomic mass is 9.95. The summed E-state index contributed by atoms with van der Waals surface area (Å²) in [5.74, 6) is -2.61. The molecule has 8 heteroatoms. The predicted molar refractivity (Wildman–Crippen MR) is 107 cm³/mol. The van der Waals surface area contributed by atoms with Crippen molar-refractivity contribution in [2.75, 3.05) is 11.9 Å². The van der Waals surface area contributed by atoms with E-state index in [-0.39, 0.29) is 10.9 Å². The monoisotopic (exact) mass is 422 g/mol. The number of nitrogens with one attached hydrogen (secondary N) is 1. The Morgan fingerprint density at radius 1 is 1.03 bits per heavy atom. The van der Waals surface area contributed by atoms with Gasteiger partial charge in [0.05, 0.1) is 11.4 Å². The van der Waals surface area contributed by atoms with Crippen LogP contribution in [0.2, 0.25) is 0 Å². The number of hydrogen-bond donors (Lipinski definition) is 1. The van der Waals surface area contributed by atoms with E-state index in [1.807, 2.05) is 6.92 Å². The van der Waals surface area contributed by atoms with Crippen molar-refractivity contribution in [1.82, 2.24) is 4.31 Å². The average Bonchev–Trinajstić information content (AvgIpc) is 2.70. The van der Waals surface area contributed by atoms with E-state index in [9.17, 15) is 22.0 Å². The molecule has 0 bridgehead atoms. The normalized spacial score (nSPS) is 15.4. The zero-order valence-electron chi connectivity index (χ0n) is 16.2. The first kappa shape index (κ1) is 21.4. The second kappa shape index (κ2) is 9.00. The number of carbonyl (C=O) groups is 1. The van der Waals surface area contributed by atoms with Crippen LogP contribution in [0.1, 0.15) is 37.7 Å². The Morgan fingerprint density at radius 2 is 1.62 bits per heavy atom. The highest BCUT2D eigenvalue weighted by atomic mass is 32.2. The molecule has 1 fully saturated rings. The number of hydrogen-bond acceptors (Lipinski definition) is 3. The summed E-state index contributed by atoms with van der Waals surface area (Å²) < 4.78 is 55.4. The van der Waals surface area contributed by atoms with Gasteiger partial charge in [-0.05, 0) is 44.0 Å². The highest BCUT2D eigenvalue weighted by Gasteiger charge is 2.34. The van der Waals surface area contributed by atoms with Crippen molar-refractivity contribution < 1.29 is 22.0 Å². The Bertz CT molecular complexity index is 952. The Hall–Kier alpha value is -2.32. The molecule has 29 heavy (non-hydrogen) atoms. The van der Waals surface area contributed by atoms with Crippen LogP contribution < -0.4 is 5.32 Å². The van der Waals surface area contributed by atoms with Gasteiger partial charge in [0.25, 0.3) is 0 Å². The smallest absolute Gasteiger partial charge is 0.243 e. The van der Waals surface area contributed by atoms with Gasteiger partial charge in [0.15, 0.2) is 0 Å². The molecule has 0 radical (unpaired) electrons. The third-order valence-electron chi connectivity index (χ3n) is 5.14. The average molecular weight is 422 g/mol. The van der Waals surface area contributed by atoms with Crippen LogP contribution in [0.15, 0.2) is 47.4 Å². The number of aryl methyl sites for hydroxylation is 1. The number of benzene rings is 2. The fourth-order valence-electron chi connectivity index (χ4n) is 3.56. The molecule has 0 unspecified atom stereocenters. The highest BCUT2D eigenvalue weighted by Crippen LogP contribution is 2.28. The van der Waals surface area contributed by atoms with E-state index in [0.717, 1.165) is 37.0 Å². The minimum Gasteiger partial charge on any atom is -0.320 e. The van der Waals surface area contributed by atoms with Gasteiger partial charge in [-0.2, -0.15) is 4.31 Å². The number of rotatable bonds is 6. The van der Waals surface area contributed by atoms with Crippen molar-refractivity contribution >= 4 is 21.6 Å². The predicted octanol–water partition coefficient (Wildman–Crippen LogP) is 4.24. The topological polar surface area (TPSA) is 66.5 Å². The lowest BCUT2D eigenvalue weighted by molar-refractivity contribution is -0.116. The molecule has 2 aromatic rings. The Kier molecular flexibility index (Phi) is 6.64. The maximum Gasteiger partial charge on any atom is 0.243 e. The third-order valence-corrected chi connectivity index (χ3v) is 7.05. The fraction of sp³-hybridized carbons (Fsp3) is 0.381. The Balaban J connectivity index is 1.87. The number of nitrogens with zero attached hydrogens (tertiary/aromatic N) is 1. The van der Waals surface area contributed by atoms with Crippen LogP contribution in [-0.2, 0) is 14.8 Å². The van der Waals surface area contributed by atoms with Crippen molar-refractivity contribution in [2.45, 2.75) is 50.0 Å². The minimum atomic E-state index is -3.94. The zero-order chi connectivity index (χ0) is 21.0. The van der Waals surface area contributed by atoms with E-state index in [0.29, 0.717) is 12.8 Å². The van der Waals surface area contributed by atoms with Gasteiger partial charge in [-0.15, -0.1) is 0 Å². The van der Waals surface area contributed by atoms with Crippen LogP contribution >= 0.6 is 0 Å². The molecule has 1 saturated carbocycles. The molecule has 0 heterocycles. The molecular formula is C21H24F2N2O3S.